The van der Waals surface area contributed by atoms with Crippen LogP contribution in [0.2, 0.25) is 0 Å². The molecule has 126 valence electrons. The fourth-order valence-electron chi connectivity index (χ4n) is 2.50. The predicted molar refractivity (Wildman–Crippen MR) is 95.8 cm³/mol. The van der Waals surface area contributed by atoms with Crippen molar-refractivity contribution in [2.75, 3.05) is 13.2 Å². The Hall–Kier alpha value is -2.14. The van der Waals surface area contributed by atoms with Crippen LogP contribution in [0.1, 0.15) is 25.5 Å². The number of nitrogens with one attached hydrogen (secondary N) is 1. The molecular weight excluding hydrogens is 322 g/mol. The molecule has 5 heteroatoms. The number of carbonyl (C=O) groups excluding carboxylic acids is 1. The first-order chi connectivity index (χ1) is 11.6. The lowest BCUT2D eigenvalue weighted by Gasteiger charge is -2.22. The summed E-state index contributed by atoms with van der Waals surface area (Å²) < 4.78 is 11.1. The van der Waals surface area contributed by atoms with E-state index in [4.69, 9.17) is 9.47 Å². The van der Waals surface area contributed by atoms with Gasteiger partial charge < -0.3 is 14.8 Å². The number of thioether (sulfide) groups is 1. The molecule has 1 amide bonds. The van der Waals surface area contributed by atoms with Crippen LogP contribution < -0.4 is 14.8 Å². The first kappa shape index (κ1) is 16.7. The summed E-state index contributed by atoms with van der Waals surface area (Å²) in [5.41, 5.74) is 1.00. The van der Waals surface area contributed by atoms with E-state index in [0.29, 0.717) is 13.2 Å². The molecule has 0 spiro atoms. The maximum atomic E-state index is 12.4. The SMILES string of the molecule is C[C@H](Sc1ccccc1)C(=O)N[C@@H](C)c1ccc2c(c1)OCCO2. The van der Waals surface area contributed by atoms with Gasteiger partial charge in [0.2, 0.25) is 5.91 Å². The molecule has 4 nitrogen and oxygen atoms in total. The number of fused-ring (bicyclic) bond motifs is 1. The molecule has 3 rings (SSSR count). The van der Waals surface area contributed by atoms with Gasteiger partial charge in [0.15, 0.2) is 11.5 Å². The topological polar surface area (TPSA) is 47.6 Å². The monoisotopic (exact) mass is 343 g/mol. The maximum absolute atomic E-state index is 12.4. The second-order valence-corrected chi connectivity index (χ2v) is 7.12. The molecule has 2 aromatic carbocycles. The zero-order chi connectivity index (χ0) is 16.9. The lowest BCUT2D eigenvalue weighted by atomic mass is 10.1. The van der Waals surface area contributed by atoms with Crippen LogP contribution in [0.25, 0.3) is 0 Å². The van der Waals surface area contributed by atoms with Crippen molar-refractivity contribution in [1.82, 2.24) is 5.32 Å². The van der Waals surface area contributed by atoms with Crippen molar-refractivity contribution in [3.05, 3.63) is 54.1 Å². The minimum Gasteiger partial charge on any atom is -0.486 e. The van der Waals surface area contributed by atoms with Crippen LogP contribution in [0, 0.1) is 0 Å². The van der Waals surface area contributed by atoms with Gasteiger partial charge in [0.1, 0.15) is 13.2 Å². The Labute approximate surface area is 146 Å². The van der Waals surface area contributed by atoms with Gasteiger partial charge in [-0.15, -0.1) is 11.8 Å². The zero-order valence-electron chi connectivity index (χ0n) is 13.8. The molecular formula is C19H21NO3S. The smallest absolute Gasteiger partial charge is 0.233 e. The Balaban J connectivity index is 1.61. The van der Waals surface area contributed by atoms with Gasteiger partial charge >= 0.3 is 0 Å². The first-order valence-corrected chi connectivity index (χ1v) is 8.93. The Bertz CT molecular complexity index is 705. The molecule has 0 radical (unpaired) electrons. The van der Waals surface area contributed by atoms with Crippen LogP contribution in [0.5, 0.6) is 11.5 Å². The second kappa shape index (κ2) is 7.62. The van der Waals surface area contributed by atoms with Crippen LogP contribution in [0.4, 0.5) is 0 Å². The summed E-state index contributed by atoms with van der Waals surface area (Å²) >= 11 is 1.55. The highest BCUT2D eigenvalue weighted by Crippen LogP contribution is 2.32. The van der Waals surface area contributed by atoms with Gasteiger partial charge in [-0.3, -0.25) is 4.79 Å². The molecule has 1 N–H and O–H groups in total. The number of ether oxygens (including phenoxy) is 2. The third-order valence-electron chi connectivity index (χ3n) is 3.85. The van der Waals surface area contributed by atoms with Crippen LogP contribution >= 0.6 is 11.8 Å². The Kier molecular flexibility index (Phi) is 5.30. The summed E-state index contributed by atoms with van der Waals surface area (Å²) in [6, 6.07) is 15.7. The molecule has 0 saturated heterocycles. The highest BCUT2D eigenvalue weighted by molar-refractivity contribution is 8.00. The summed E-state index contributed by atoms with van der Waals surface area (Å²) in [7, 11) is 0. The van der Waals surface area contributed by atoms with Crippen LogP contribution in [0.15, 0.2) is 53.4 Å². The van der Waals surface area contributed by atoms with Gasteiger partial charge in [-0.1, -0.05) is 24.3 Å². The van der Waals surface area contributed by atoms with E-state index in [1.54, 1.807) is 11.8 Å². The number of hydrogen-bond donors (Lipinski definition) is 1. The lowest BCUT2D eigenvalue weighted by Crippen LogP contribution is -2.33. The summed E-state index contributed by atoms with van der Waals surface area (Å²) in [5, 5.41) is 2.91. The molecule has 0 unspecified atom stereocenters. The number of rotatable bonds is 5. The summed E-state index contributed by atoms with van der Waals surface area (Å²) in [4.78, 5) is 13.5. The second-order valence-electron chi connectivity index (χ2n) is 5.71. The van der Waals surface area contributed by atoms with E-state index in [0.717, 1.165) is 22.0 Å². The van der Waals surface area contributed by atoms with Crippen molar-refractivity contribution in [1.29, 1.82) is 0 Å². The molecule has 2 aromatic rings. The molecule has 1 aliphatic heterocycles. The minimum absolute atomic E-state index is 0.0197. The van der Waals surface area contributed by atoms with Gasteiger partial charge in [0, 0.05) is 4.90 Å². The van der Waals surface area contributed by atoms with E-state index in [9.17, 15) is 4.79 Å². The first-order valence-electron chi connectivity index (χ1n) is 8.05. The van der Waals surface area contributed by atoms with Gasteiger partial charge in [-0.05, 0) is 43.7 Å². The minimum atomic E-state index is -0.160. The fourth-order valence-corrected chi connectivity index (χ4v) is 3.40. The number of amides is 1. The van der Waals surface area contributed by atoms with Gasteiger partial charge in [0.25, 0.3) is 0 Å². The molecule has 2 atom stereocenters. The van der Waals surface area contributed by atoms with Crippen LogP contribution in [-0.4, -0.2) is 24.4 Å². The predicted octanol–water partition coefficient (Wildman–Crippen LogP) is 3.82. The molecule has 24 heavy (non-hydrogen) atoms. The average Bonchev–Trinajstić information content (AvgIpc) is 2.62. The molecule has 0 fully saturated rings. The van der Waals surface area contributed by atoms with E-state index in [-0.39, 0.29) is 17.2 Å². The molecule has 0 aliphatic carbocycles. The van der Waals surface area contributed by atoms with Gasteiger partial charge in [0.05, 0.1) is 11.3 Å². The zero-order valence-corrected chi connectivity index (χ0v) is 14.6. The largest absolute Gasteiger partial charge is 0.486 e. The maximum Gasteiger partial charge on any atom is 0.233 e. The van der Waals surface area contributed by atoms with Gasteiger partial charge in [-0.25, -0.2) is 0 Å². The third-order valence-corrected chi connectivity index (χ3v) is 4.96. The van der Waals surface area contributed by atoms with Gasteiger partial charge in [-0.2, -0.15) is 0 Å². The van der Waals surface area contributed by atoms with Crippen molar-refractivity contribution in [3.8, 4) is 11.5 Å². The van der Waals surface area contributed by atoms with E-state index < -0.39 is 0 Å². The molecule has 1 heterocycles. The summed E-state index contributed by atoms with van der Waals surface area (Å²) in [5.74, 6) is 1.52. The van der Waals surface area contributed by atoms with E-state index >= 15 is 0 Å². The quantitative estimate of drug-likeness (QED) is 0.839. The fraction of sp³-hybridized carbons (Fsp3) is 0.316. The van der Waals surface area contributed by atoms with Crippen molar-refractivity contribution in [2.45, 2.75) is 30.0 Å². The Morgan fingerprint density at radius 1 is 1.04 bits per heavy atom. The van der Waals surface area contributed by atoms with Crippen molar-refractivity contribution >= 4 is 17.7 Å². The molecule has 1 aliphatic rings. The average molecular weight is 343 g/mol. The molecule has 0 aromatic heterocycles. The number of hydrogen-bond acceptors (Lipinski definition) is 4. The third kappa shape index (κ3) is 4.03. The van der Waals surface area contributed by atoms with Crippen molar-refractivity contribution < 1.29 is 14.3 Å². The van der Waals surface area contributed by atoms with Crippen LogP contribution in [-0.2, 0) is 4.79 Å². The van der Waals surface area contributed by atoms with Crippen molar-refractivity contribution in [2.24, 2.45) is 0 Å². The lowest BCUT2D eigenvalue weighted by molar-refractivity contribution is -0.120. The highest BCUT2D eigenvalue weighted by atomic mass is 32.2. The van der Waals surface area contributed by atoms with Crippen molar-refractivity contribution in [3.63, 3.8) is 0 Å². The van der Waals surface area contributed by atoms with E-state index in [2.05, 4.69) is 5.32 Å². The number of benzene rings is 2. The van der Waals surface area contributed by atoms with E-state index in [1.807, 2.05) is 62.4 Å². The normalized spacial score (nSPS) is 15.4. The summed E-state index contributed by atoms with van der Waals surface area (Å²) in [6.45, 7) is 5.03. The number of carbonyl (C=O) groups is 1. The van der Waals surface area contributed by atoms with E-state index in [1.165, 1.54) is 0 Å². The highest BCUT2D eigenvalue weighted by Gasteiger charge is 2.19. The van der Waals surface area contributed by atoms with Crippen LogP contribution in [0.3, 0.4) is 0 Å². The molecule has 0 saturated carbocycles. The Morgan fingerprint density at radius 3 is 2.50 bits per heavy atom. The summed E-state index contributed by atoms with van der Waals surface area (Å²) in [6.07, 6.45) is 0. The standard InChI is InChI=1S/C19H21NO3S/c1-13(15-8-9-17-18(12-15)23-11-10-22-17)20-19(21)14(2)24-16-6-4-3-5-7-16/h3-9,12-14H,10-11H2,1-2H3,(H,20,21)/t13-,14-/m0/s1. The Morgan fingerprint density at radius 2 is 1.75 bits per heavy atom. The molecule has 0 bridgehead atoms.